The van der Waals surface area contributed by atoms with E-state index in [0.717, 1.165) is 11.4 Å². The van der Waals surface area contributed by atoms with E-state index < -0.39 is 10.0 Å². The fraction of sp³-hybridized carbons (Fsp3) is 0.421. The molecule has 0 radical (unpaired) electrons. The van der Waals surface area contributed by atoms with Gasteiger partial charge in [-0.25, -0.2) is 13.1 Å². The summed E-state index contributed by atoms with van der Waals surface area (Å²) in [6.45, 7) is 8.07. The van der Waals surface area contributed by atoms with Crippen LogP contribution >= 0.6 is 0 Å². The lowest BCUT2D eigenvalue weighted by atomic mass is 10.2. The Labute approximate surface area is 166 Å². The van der Waals surface area contributed by atoms with E-state index in [4.69, 9.17) is 0 Å². The summed E-state index contributed by atoms with van der Waals surface area (Å²) < 4.78 is 28.7. The van der Waals surface area contributed by atoms with Gasteiger partial charge >= 0.3 is 0 Å². The maximum absolute atomic E-state index is 12.1. The molecule has 8 nitrogen and oxygen atoms in total. The van der Waals surface area contributed by atoms with Crippen molar-refractivity contribution in [3.05, 3.63) is 48.1 Å². The van der Waals surface area contributed by atoms with Crippen LogP contribution in [0.2, 0.25) is 0 Å². The molecule has 1 amide bonds. The molecule has 0 aliphatic carbocycles. The van der Waals surface area contributed by atoms with Crippen molar-refractivity contribution in [3.8, 4) is 0 Å². The predicted molar refractivity (Wildman–Crippen MR) is 108 cm³/mol. The summed E-state index contributed by atoms with van der Waals surface area (Å²) in [7, 11) is -3.52. The van der Waals surface area contributed by atoms with Crippen LogP contribution in [0.1, 0.15) is 45.1 Å². The highest BCUT2D eigenvalue weighted by Gasteiger charge is 2.14. The SMILES string of the molecule is CC(C)NS(=O)(=O)c1ccc(C=CC(=O)NCCc2nncn2C(C)C)cc1. The van der Waals surface area contributed by atoms with Gasteiger partial charge in [0.2, 0.25) is 15.9 Å². The van der Waals surface area contributed by atoms with Gasteiger partial charge < -0.3 is 9.88 Å². The molecule has 9 heteroatoms. The number of hydrogen-bond acceptors (Lipinski definition) is 5. The summed E-state index contributed by atoms with van der Waals surface area (Å²) >= 11 is 0. The Morgan fingerprint density at radius 3 is 2.46 bits per heavy atom. The Bertz CT molecular complexity index is 915. The highest BCUT2D eigenvalue weighted by molar-refractivity contribution is 7.89. The van der Waals surface area contributed by atoms with Crippen molar-refractivity contribution in [2.45, 2.75) is 51.1 Å². The lowest BCUT2D eigenvalue weighted by molar-refractivity contribution is -0.116. The Kier molecular flexibility index (Phi) is 7.47. The average molecular weight is 406 g/mol. The molecule has 0 bridgehead atoms. The third kappa shape index (κ3) is 6.28. The minimum atomic E-state index is -3.52. The normalized spacial score (nSPS) is 12.2. The number of benzene rings is 1. The number of rotatable bonds is 9. The van der Waals surface area contributed by atoms with Gasteiger partial charge in [-0.15, -0.1) is 10.2 Å². The number of sulfonamides is 1. The molecule has 0 spiro atoms. The molecule has 0 aliphatic rings. The number of amides is 1. The zero-order valence-electron chi connectivity index (χ0n) is 16.6. The zero-order chi connectivity index (χ0) is 20.7. The second-order valence-electron chi connectivity index (χ2n) is 6.97. The third-order valence-corrected chi connectivity index (χ3v) is 5.53. The maximum atomic E-state index is 12.1. The number of nitrogens with zero attached hydrogens (tertiary/aromatic N) is 3. The first kappa shape index (κ1) is 21.8. The Morgan fingerprint density at radius 2 is 1.86 bits per heavy atom. The van der Waals surface area contributed by atoms with Gasteiger partial charge in [-0.1, -0.05) is 12.1 Å². The molecule has 152 valence electrons. The van der Waals surface area contributed by atoms with Gasteiger partial charge in [0.15, 0.2) is 0 Å². The summed E-state index contributed by atoms with van der Waals surface area (Å²) in [5.74, 6) is 0.597. The maximum Gasteiger partial charge on any atom is 0.244 e. The lowest BCUT2D eigenvalue weighted by Crippen LogP contribution is -2.30. The van der Waals surface area contributed by atoms with Gasteiger partial charge in [0.1, 0.15) is 12.2 Å². The fourth-order valence-corrected chi connectivity index (χ4v) is 3.79. The molecule has 1 heterocycles. The molecule has 28 heavy (non-hydrogen) atoms. The van der Waals surface area contributed by atoms with E-state index >= 15 is 0 Å². The van der Waals surface area contributed by atoms with Gasteiger partial charge in [0.25, 0.3) is 0 Å². The van der Waals surface area contributed by atoms with Crippen molar-refractivity contribution in [1.29, 1.82) is 0 Å². The minimum Gasteiger partial charge on any atom is -0.352 e. The number of aromatic nitrogens is 3. The quantitative estimate of drug-likeness (QED) is 0.620. The van der Waals surface area contributed by atoms with Crippen LogP contribution in [0.15, 0.2) is 41.6 Å². The molecule has 2 rings (SSSR count). The lowest BCUT2D eigenvalue weighted by Gasteiger charge is -2.10. The highest BCUT2D eigenvalue weighted by atomic mass is 32.2. The summed E-state index contributed by atoms with van der Waals surface area (Å²) in [4.78, 5) is 12.2. The summed E-state index contributed by atoms with van der Waals surface area (Å²) in [5, 5.41) is 10.8. The first-order chi connectivity index (χ1) is 13.2. The highest BCUT2D eigenvalue weighted by Crippen LogP contribution is 2.12. The first-order valence-corrected chi connectivity index (χ1v) is 10.6. The predicted octanol–water partition coefficient (Wildman–Crippen LogP) is 1.92. The molecule has 0 atom stereocenters. The molecule has 0 saturated heterocycles. The minimum absolute atomic E-state index is 0.178. The van der Waals surface area contributed by atoms with E-state index in [1.165, 1.54) is 18.2 Å². The number of hydrogen-bond donors (Lipinski definition) is 2. The van der Waals surface area contributed by atoms with Gasteiger partial charge in [-0.3, -0.25) is 4.79 Å². The van der Waals surface area contributed by atoms with Crippen LogP contribution in [0.3, 0.4) is 0 Å². The van der Waals surface area contributed by atoms with E-state index in [9.17, 15) is 13.2 Å². The van der Waals surface area contributed by atoms with Crippen LogP contribution in [0.5, 0.6) is 0 Å². The molecule has 2 N–H and O–H groups in total. The largest absolute Gasteiger partial charge is 0.352 e. The molecule has 0 aliphatic heterocycles. The Hall–Kier alpha value is -2.52. The van der Waals surface area contributed by atoms with Crippen LogP contribution in [0, 0.1) is 0 Å². The average Bonchev–Trinajstić information content (AvgIpc) is 3.08. The third-order valence-electron chi connectivity index (χ3n) is 3.86. The van der Waals surface area contributed by atoms with Crippen LogP contribution in [-0.4, -0.2) is 41.7 Å². The monoisotopic (exact) mass is 405 g/mol. The van der Waals surface area contributed by atoms with E-state index in [1.54, 1.807) is 38.4 Å². The van der Waals surface area contributed by atoms with Gasteiger partial charge in [-0.2, -0.15) is 0 Å². The van der Waals surface area contributed by atoms with Gasteiger partial charge in [0, 0.05) is 31.1 Å². The van der Waals surface area contributed by atoms with Crippen LogP contribution in [0.25, 0.3) is 6.08 Å². The van der Waals surface area contributed by atoms with Crippen molar-refractivity contribution >= 4 is 22.0 Å². The van der Waals surface area contributed by atoms with E-state index in [-0.39, 0.29) is 22.9 Å². The molecule has 0 unspecified atom stereocenters. The standard InChI is InChI=1S/C19H27N5O3S/c1-14(2)23-28(26,27)17-8-5-16(6-9-17)7-10-19(25)20-12-11-18-22-21-13-24(18)15(3)4/h5-10,13-15,23H,11-12H2,1-4H3,(H,20,25). The van der Waals surface area contributed by atoms with Gasteiger partial charge in [-0.05, 0) is 51.5 Å². The molecule has 0 fully saturated rings. The first-order valence-electron chi connectivity index (χ1n) is 9.15. The fourth-order valence-electron chi connectivity index (χ4n) is 2.54. The molecule has 0 saturated carbocycles. The van der Waals surface area contributed by atoms with Crippen LogP contribution < -0.4 is 10.0 Å². The molecule has 1 aromatic carbocycles. The molecule has 1 aromatic heterocycles. The number of carbonyl (C=O) groups excluding carboxylic acids is 1. The smallest absolute Gasteiger partial charge is 0.244 e. The van der Waals surface area contributed by atoms with E-state index in [1.807, 2.05) is 18.4 Å². The molecular weight excluding hydrogens is 378 g/mol. The molecular formula is C19H27N5O3S. The second kappa shape index (κ2) is 9.61. The number of nitrogens with one attached hydrogen (secondary N) is 2. The van der Waals surface area contributed by atoms with E-state index in [2.05, 4.69) is 20.2 Å². The Balaban J connectivity index is 1.87. The van der Waals surface area contributed by atoms with Crippen molar-refractivity contribution in [2.75, 3.05) is 6.54 Å². The Morgan fingerprint density at radius 1 is 1.18 bits per heavy atom. The van der Waals surface area contributed by atoms with Crippen molar-refractivity contribution < 1.29 is 13.2 Å². The van der Waals surface area contributed by atoms with Crippen molar-refractivity contribution in [2.24, 2.45) is 0 Å². The van der Waals surface area contributed by atoms with Crippen molar-refractivity contribution in [1.82, 2.24) is 24.8 Å². The van der Waals surface area contributed by atoms with Crippen LogP contribution in [-0.2, 0) is 21.2 Å². The summed E-state index contributed by atoms with van der Waals surface area (Å²) in [6.07, 6.45) is 5.33. The molecule has 2 aromatic rings. The van der Waals surface area contributed by atoms with E-state index in [0.29, 0.717) is 13.0 Å². The van der Waals surface area contributed by atoms with Crippen molar-refractivity contribution in [3.63, 3.8) is 0 Å². The summed E-state index contributed by atoms with van der Waals surface area (Å²) in [6, 6.07) is 6.43. The van der Waals surface area contributed by atoms with Crippen LogP contribution in [0.4, 0.5) is 0 Å². The topological polar surface area (TPSA) is 106 Å². The van der Waals surface area contributed by atoms with Gasteiger partial charge in [0.05, 0.1) is 4.90 Å². The second-order valence-corrected chi connectivity index (χ2v) is 8.68. The summed E-state index contributed by atoms with van der Waals surface area (Å²) in [5.41, 5.74) is 0.734. The zero-order valence-corrected chi connectivity index (χ0v) is 17.4. The number of carbonyl (C=O) groups is 1.